The van der Waals surface area contributed by atoms with Crippen LogP contribution in [0.15, 0.2) is 53.6 Å². The Labute approximate surface area is 239 Å². The fourth-order valence-electron chi connectivity index (χ4n) is 4.13. The highest BCUT2D eigenvalue weighted by molar-refractivity contribution is 7.89. The van der Waals surface area contributed by atoms with Gasteiger partial charge in [-0.1, -0.05) is 6.07 Å². The molecule has 3 aromatic rings. The highest BCUT2D eigenvalue weighted by Gasteiger charge is 2.47. The third-order valence-corrected chi connectivity index (χ3v) is 7.88. The van der Waals surface area contributed by atoms with Gasteiger partial charge in [-0.25, -0.2) is 22.5 Å². The van der Waals surface area contributed by atoms with Gasteiger partial charge in [0.1, 0.15) is 5.75 Å². The molecular formula is C26H27FN8O6S. The molecule has 0 spiro atoms. The fraction of sp³-hybridized carbons (Fsp3) is 0.269. The Balaban J connectivity index is 1.44. The first-order valence-electron chi connectivity index (χ1n) is 12.9. The molecule has 1 unspecified atom stereocenters. The lowest BCUT2D eigenvalue weighted by Crippen LogP contribution is -2.58. The van der Waals surface area contributed by atoms with Gasteiger partial charge in [0, 0.05) is 37.4 Å². The molecule has 3 aliphatic heterocycles. The van der Waals surface area contributed by atoms with E-state index in [4.69, 9.17) is 4.74 Å². The number of anilines is 5. The maximum Gasteiger partial charge on any atom is 0.278 e. The number of carbonyl (C=O) groups is 3. The zero-order valence-electron chi connectivity index (χ0n) is 22.3. The zero-order chi connectivity index (χ0) is 29.9. The number of sulfonamides is 1. The van der Waals surface area contributed by atoms with Crippen molar-refractivity contribution in [1.29, 1.82) is 0 Å². The van der Waals surface area contributed by atoms with Gasteiger partial charge >= 0.3 is 0 Å². The van der Waals surface area contributed by atoms with Crippen LogP contribution in [-0.4, -0.2) is 61.3 Å². The molecule has 3 aliphatic rings. The van der Waals surface area contributed by atoms with Crippen LogP contribution in [0.4, 0.5) is 33.2 Å². The monoisotopic (exact) mass is 598 g/mol. The number of hydrogen-bond acceptors (Lipinski definition) is 10. The molecule has 14 nitrogen and oxygen atoms in total. The molecule has 0 aliphatic carbocycles. The number of hydrogen-bond donors (Lipinski definition) is 6. The van der Waals surface area contributed by atoms with Gasteiger partial charge in [0.15, 0.2) is 11.6 Å². The number of carbonyl (C=O) groups excluding carboxylic acids is 3. The SMILES string of the molecule is CC12Oc3ccc(cc3NC1=O)Nc1nc(ncc1F)Nc1cccc(c1)S(=O)(=O)NCCC(=O)NCCCNC2=O. The van der Waals surface area contributed by atoms with Gasteiger partial charge in [-0.2, -0.15) is 4.98 Å². The van der Waals surface area contributed by atoms with Crippen LogP contribution in [0.25, 0.3) is 0 Å². The molecule has 4 heterocycles. The van der Waals surface area contributed by atoms with Gasteiger partial charge in [-0.3, -0.25) is 14.4 Å². The summed E-state index contributed by atoms with van der Waals surface area (Å²) in [5.41, 5.74) is -0.938. The van der Waals surface area contributed by atoms with Gasteiger partial charge in [0.2, 0.25) is 21.9 Å². The summed E-state index contributed by atoms with van der Waals surface area (Å²) in [7, 11) is -3.95. The van der Waals surface area contributed by atoms with Gasteiger partial charge < -0.3 is 31.3 Å². The first kappa shape index (κ1) is 28.7. The first-order valence-corrected chi connectivity index (χ1v) is 14.4. The lowest BCUT2D eigenvalue weighted by atomic mass is 10.0. The van der Waals surface area contributed by atoms with Crippen LogP contribution < -0.4 is 36.0 Å². The Morgan fingerprint density at radius 3 is 2.55 bits per heavy atom. The molecule has 16 heteroatoms. The average molecular weight is 599 g/mol. The van der Waals surface area contributed by atoms with Gasteiger partial charge in [0.25, 0.3) is 17.4 Å². The summed E-state index contributed by atoms with van der Waals surface area (Å²) < 4.78 is 48.3. The van der Waals surface area contributed by atoms with Crippen LogP contribution in [0.2, 0.25) is 0 Å². The predicted octanol–water partition coefficient (Wildman–Crippen LogP) is 1.50. The average Bonchev–Trinajstić information content (AvgIpc) is 2.95. The molecule has 220 valence electrons. The lowest BCUT2D eigenvalue weighted by Gasteiger charge is -2.33. The number of ether oxygens (including phenoxy) is 1. The largest absolute Gasteiger partial charge is 0.466 e. The number of benzene rings is 2. The van der Waals surface area contributed by atoms with Crippen LogP contribution in [0, 0.1) is 5.82 Å². The van der Waals surface area contributed by atoms with Crippen molar-refractivity contribution < 1.29 is 31.9 Å². The maximum atomic E-state index is 14.6. The Morgan fingerprint density at radius 1 is 0.929 bits per heavy atom. The molecule has 42 heavy (non-hydrogen) atoms. The number of nitrogens with zero attached hydrogens (tertiary/aromatic N) is 2. The van der Waals surface area contributed by atoms with E-state index >= 15 is 0 Å². The summed E-state index contributed by atoms with van der Waals surface area (Å²) >= 11 is 0. The number of fused-ring (bicyclic) bond motifs is 12. The number of amides is 3. The third kappa shape index (κ3) is 6.23. The number of halogens is 1. The minimum atomic E-state index is -3.95. The van der Waals surface area contributed by atoms with Crippen molar-refractivity contribution in [3.8, 4) is 5.75 Å². The van der Waals surface area contributed by atoms with E-state index in [0.29, 0.717) is 17.8 Å². The van der Waals surface area contributed by atoms with Gasteiger partial charge in [-0.05, 0) is 49.7 Å². The first-order chi connectivity index (χ1) is 20.0. The van der Waals surface area contributed by atoms with E-state index in [0.717, 1.165) is 6.20 Å². The molecule has 2 aromatic carbocycles. The van der Waals surface area contributed by atoms with Crippen LogP contribution in [0.1, 0.15) is 19.8 Å². The van der Waals surface area contributed by atoms with E-state index in [1.165, 1.54) is 37.3 Å². The molecule has 0 fully saturated rings. The van der Waals surface area contributed by atoms with E-state index < -0.39 is 33.3 Å². The highest BCUT2D eigenvalue weighted by Crippen LogP contribution is 2.36. The molecule has 0 radical (unpaired) electrons. The third-order valence-electron chi connectivity index (χ3n) is 6.42. The summed E-state index contributed by atoms with van der Waals surface area (Å²) in [6.45, 7) is 1.55. The Hall–Kier alpha value is -4.83. The minimum absolute atomic E-state index is 0.0278. The van der Waals surface area contributed by atoms with Crippen molar-refractivity contribution >= 4 is 56.6 Å². The topological polar surface area (TPSA) is 193 Å². The van der Waals surface area contributed by atoms with E-state index in [1.807, 2.05) is 0 Å². The molecule has 0 saturated heterocycles. The number of rotatable bonds is 0. The van der Waals surface area contributed by atoms with Gasteiger partial charge in [0.05, 0.1) is 16.8 Å². The normalized spacial score (nSPS) is 20.9. The minimum Gasteiger partial charge on any atom is -0.466 e. The summed E-state index contributed by atoms with van der Waals surface area (Å²) in [4.78, 5) is 45.9. The summed E-state index contributed by atoms with van der Waals surface area (Å²) in [5.74, 6) is -2.54. The molecule has 1 aromatic heterocycles. The molecule has 6 N–H and O–H groups in total. The van der Waals surface area contributed by atoms with Crippen molar-refractivity contribution in [2.45, 2.75) is 30.3 Å². The van der Waals surface area contributed by atoms with E-state index in [-0.39, 0.29) is 60.1 Å². The van der Waals surface area contributed by atoms with Crippen LogP contribution in [-0.2, 0) is 24.4 Å². The van der Waals surface area contributed by atoms with Crippen LogP contribution >= 0.6 is 0 Å². The molecule has 0 saturated carbocycles. The van der Waals surface area contributed by atoms with Crippen LogP contribution in [0.3, 0.4) is 0 Å². The second-order valence-corrected chi connectivity index (χ2v) is 11.3. The van der Waals surface area contributed by atoms with Crippen molar-refractivity contribution in [1.82, 2.24) is 25.3 Å². The summed E-state index contributed by atoms with van der Waals surface area (Å²) in [6, 6.07) is 10.4. The quantitative estimate of drug-likeness (QED) is 0.207. The molecular weight excluding hydrogens is 571 g/mol. The second kappa shape index (κ2) is 11.6. The lowest BCUT2D eigenvalue weighted by molar-refractivity contribution is -0.146. The predicted molar refractivity (Wildman–Crippen MR) is 150 cm³/mol. The molecule has 1 atom stereocenters. The Kier molecular flexibility index (Phi) is 7.91. The highest BCUT2D eigenvalue weighted by atomic mass is 32.2. The maximum absolute atomic E-state index is 14.6. The van der Waals surface area contributed by atoms with Crippen molar-refractivity contribution in [2.24, 2.45) is 0 Å². The standard InChI is InChI=1S/C26H27FN8O6S/c1-26-23(37)29-10-3-9-28-21(36)8-11-31-42(39,40)17-5-2-4-15(12-17)33-25-30-14-18(27)22(35-25)32-16-6-7-20(41-26)19(13-16)34-24(26)38/h2,4-7,12-14,31H,3,8-11H2,1H3,(H,28,36)(H,29,37)(H,34,38)(H2,30,32,33,35). The number of aromatic nitrogens is 2. The smallest absolute Gasteiger partial charge is 0.278 e. The van der Waals surface area contributed by atoms with E-state index in [9.17, 15) is 27.2 Å². The molecule has 3 amide bonds. The Bertz CT molecular complexity index is 1670. The fourth-order valence-corrected chi connectivity index (χ4v) is 5.21. The summed E-state index contributed by atoms with van der Waals surface area (Å²) in [6.07, 6.45) is 1.17. The number of nitrogens with one attached hydrogen (secondary N) is 6. The van der Waals surface area contributed by atoms with Crippen molar-refractivity contribution in [3.63, 3.8) is 0 Å². The molecule has 6 rings (SSSR count). The zero-order valence-corrected chi connectivity index (χ0v) is 23.1. The second-order valence-electron chi connectivity index (χ2n) is 9.58. The van der Waals surface area contributed by atoms with E-state index in [1.54, 1.807) is 12.1 Å². The Morgan fingerprint density at radius 2 is 1.71 bits per heavy atom. The van der Waals surface area contributed by atoms with Crippen molar-refractivity contribution in [3.05, 3.63) is 54.5 Å². The van der Waals surface area contributed by atoms with Gasteiger partial charge in [-0.15, -0.1) is 0 Å². The van der Waals surface area contributed by atoms with E-state index in [2.05, 4.69) is 41.3 Å². The molecule has 8 bridgehead atoms. The van der Waals surface area contributed by atoms with Crippen LogP contribution in [0.5, 0.6) is 5.75 Å². The summed E-state index contributed by atoms with van der Waals surface area (Å²) in [5, 5.41) is 13.6. The van der Waals surface area contributed by atoms with Crippen molar-refractivity contribution in [2.75, 3.05) is 35.6 Å².